The van der Waals surface area contributed by atoms with Gasteiger partial charge in [0.2, 0.25) is 0 Å². The van der Waals surface area contributed by atoms with E-state index >= 15 is 0 Å². The van der Waals surface area contributed by atoms with Crippen molar-refractivity contribution in [2.24, 2.45) is 0 Å². The van der Waals surface area contributed by atoms with E-state index in [9.17, 15) is 4.79 Å². The third-order valence-electron chi connectivity index (χ3n) is 6.28. The molecule has 3 nitrogen and oxygen atoms in total. The molecule has 0 fully saturated rings. The van der Waals surface area contributed by atoms with Crippen molar-refractivity contribution in [3.05, 3.63) is 87.8 Å². The van der Waals surface area contributed by atoms with Crippen molar-refractivity contribution in [3.63, 3.8) is 0 Å². The molecule has 2 aliphatic rings. The van der Waals surface area contributed by atoms with E-state index in [4.69, 9.17) is 5.11 Å². The average molecular weight is 603 g/mol. The maximum atomic E-state index is 10.4. The van der Waals surface area contributed by atoms with Gasteiger partial charge < -0.3 is 10.1 Å². The molecule has 1 radical (unpaired) electrons. The maximum absolute atomic E-state index is 10.4. The second-order valence-corrected chi connectivity index (χ2v) is 8.50. The van der Waals surface area contributed by atoms with E-state index < -0.39 is 0 Å². The first-order valence-electron chi connectivity index (χ1n) is 10.8. The Bertz CT molecular complexity index is 1140. The molecule has 0 saturated heterocycles. The van der Waals surface area contributed by atoms with Gasteiger partial charge in [-0.3, -0.25) is 4.79 Å². The summed E-state index contributed by atoms with van der Waals surface area (Å²) >= 11 is 0. The average Bonchev–Trinajstić information content (AvgIpc) is 2.77. The molecule has 0 bridgehead atoms. The molecular weight excluding hydrogens is 575 g/mol. The van der Waals surface area contributed by atoms with E-state index in [1.807, 2.05) is 6.20 Å². The number of Topliss-reactive ketones (excluding diaryl/α,β-unsaturated/α-hetero) is 1. The summed E-state index contributed by atoms with van der Waals surface area (Å²) in [6.45, 7) is 6.60. The second kappa shape index (κ2) is 9.94. The molecular formula is C28H28IrNO2-. The number of pyridine rings is 1. The van der Waals surface area contributed by atoms with Gasteiger partial charge in [0.1, 0.15) is 0 Å². The van der Waals surface area contributed by atoms with E-state index in [1.54, 1.807) is 6.92 Å². The van der Waals surface area contributed by atoms with Crippen LogP contribution >= 0.6 is 0 Å². The van der Waals surface area contributed by atoms with Crippen molar-refractivity contribution in [2.45, 2.75) is 53.4 Å². The van der Waals surface area contributed by atoms with Gasteiger partial charge in [0, 0.05) is 31.9 Å². The van der Waals surface area contributed by atoms with Crippen molar-refractivity contribution >= 4 is 5.78 Å². The smallest absolute Gasteiger partial charge is 0.158 e. The minimum Gasteiger partial charge on any atom is -0.512 e. The van der Waals surface area contributed by atoms with Crippen LogP contribution in [0, 0.1) is 13.0 Å². The molecule has 1 heterocycles. The van der Waals surface area contributed by atoms with Crippen molar-refractivity contribution in [1.82, 2.24) is 4.98 Å². The van der Waals surface area contributed by atoms with Gasteiger partial charge in [0.25, 0.3) is 0 Å². The zero-order valence-corrected chi connectivity index (χ0v) is 21.4. The first kappa shape index (κ1) is 24.1. The molecule has 2 aromatic carbocycles. The Morgan fingerprint density at radius 1 is 0.938 bits per heavy atom. The van der Waals surface area contributed by atoms with Crippen LogP contribution < -0.4 is 0 Å². The van der Waals surface area contributed by atoms with Crippen molar-refractivity contribution in [3.8, 4) is 22.4 Å². The number of aliphatic hydroxyl groups excluding tert-OH is 1. The van der Waals surface area contributed by atoms with E-state index in [0.717, 1.165) is 36.9 Å². The summed E-state index contributed by atoms with van der Waals surface area (Å²) < 4.78 is 0. The number of carbonyl (C=O) groups is 1. The Kier molecular flexibility index (Phi) is 7.48. The maximum Gasteiger partial charge on any atom is 0.158 e. The molecule has 0 amide bonds. The molecule has 0 aliphatic heterocycles. The predicted molar refractivity (Wildman–Crippen MR) is 125 cm³/mol. The van der Waals surface area contributed by atoms with E-state index in [0.29, 0.717) is 5.57 Å². The second-order valence-electron chi connectivity index (χ2n) is 8.50. The number of nitrogens with zero attached hydrogens (tertiary/aromatic N) is 1. The van der Waals surface area contributed by atoms with Crippen LogP contribution in [0.2, 0.25) is 0 Å². The van der Waals surface area contributed by atoms with E-state index in [2.05, 4.69) is 54.4 Å². The molecule has 0 unspecified atom stereocenters. The Morgan fingerprint density at radius 2 is 1.59 bits per heavy atom. The number of hydrogen-bond acceptors (Lipinski definition) is 3. The minimum absolute atomic E-state index is 0. The number of allylic oxidation sites excluding steroid dienone is 2. The number of aryl methyl sites for hydroxylation is 5. The normalized spacial score (nSPS) is 13.6. The van der Waals surface area contributed by atoms with Crippen LogP contribution in [0.5, 0.6) is 0 Å². The Balaban J connectivity index is 0.000000280. The summed E-state index contributed by atoms with van der Waals surface area (Å²) in [6, 6.07) is 17.1. The minimum atomic E-state index is -0.0787. The van der Waals surface area contributed by atoms with Crippen LogP contribution in [-0.2, 0) is 50.6 Å². The molecule has 0 atom stereocenters. The number of aliphatic hydroxyl groups is 1. The van der Waals surface area contributed by atoms with Gasteiger partial charge in [0.05, 0.1) is 5.76 Å². The number of aromatic nitrogens is 1. The third kappa shape index (κ3) is 4.77. The monoisotopic (exact) mass is 603 g/mol. The van der Waals surface area contributed by atoms with Gasteiger partial charge in [-0.15, -0.1) is 28.8 Å². The molecule has 1 N–H and O–H groups in total. The van der Waals surface area contributed by atoms with E-state index in [1.165, 1.54) is 52.8 Å². The standard InChI is InChI=1S/C22H18N.C6H10O2.Ir/c1-14-5-10-20(23-13-14)19-11-17-8-6-15-3-2-4-16-7-9-18(12-19)22(17)21(15)16;1-4(5(2)7)6(3)8;/h2-5,10-11,13H,6-9H2,1H3;7H,1-3H3;/q-1;;/b;5-4-;. The number of hydrogen-bond donors (Lipinski definition) is 1. The zero-order chi connectivity index (χ0) is 22.1. The van der Waals surface area contributed by atoms with Crippen molar-refractivity contribution < 1.29 is 30.0 Å². The Morgan fingerprint density at radius 3 is 2.16 bits per heavy atom. The Hall–Kier alpha value is -2.55. The molecule has 1 aromatic heterocycles. The van der Waals surface area contributed by atoms with Gasteiger partial charge in [-0.05, 0) is 75.8 Å². The topological polar surface area (TPSA) is 50.2 Å². The summed E-state index contributed by atoms with van der Waals surface area (Å²) in [5, 5.41) is 8.65. The molecule has 32 heavy (non-hydrogen) atoms. The van der Waals surface area contributed by atoms with Gasteiger partial charge in [-0.1, -0.05) is 41.5 Å². The van der Waals surface area contributed by atoms with Crippen LogP contribution in [0.25, 0.3) is 22.4 Å². The van der Waals surface area contributed by atoms with Crippen LogP contribution in [0.1, 0.15) is 48.6 Å². The number of carbonyl (C=O) groups excluding carboxylic acids is 1. The van der Waals surface area contributed by atoms with Gasteiger partial charge in [-0.2, -0.15) is 0 Å². The van der Waals surface area contributed by atoms with Gasteiger partial charge >= 0.3 is 0 Å². The summed E-state index contributed by atoms with van der Waals surface area (Å²) in [4.78, 5) is 15.0. The summed E-state index contributed by atoms with van der Waals surface area (Å²) in [5.74, 6) is 0.0301. The SMILES string of the molecule is CC(=O)/C(C)=C(/C)O.Cc1ccc(-c2[c-]c3c4c(c2)CCc2cccc(c2-4)CC3)nc1.[Ir]. The van der Waals surface area contributed by atoms with Crippen molar-refractivity contribution in [1.29, 1.82) is 0 Å². The van der Waals surface area contributed by atoms with Crippen LogP contribution in [-0.4, -0.2) is 15.9 Å². The predicted octanol–water partition coefficient (Wildman–Crippen LogP) is 6.15. The number of rotatable bonds is 2. The summed E-state index contributed by atoms with van der Waals surface area (Å²) in [6.07, 6.45) is 6.46. The van der Waals surface area contributed by atoms with Gasteiger partial charge in [-0.25, -0.2) is 0 Å². The number of ketones is 1. The van der Waals surface area contributed by atoms with Crippen LogP contribution in [0.15, 0.2) is 53.9 Å². The first-order valence-corrected chi connectivity index (χ1v) is 10.8. The van der Waals surface area contributed by atoms with Crippen LogP contribution in [0.4, 0.5) is 0 Å². The fraction of sp³-hybridized carbons (Fsp3) is 0.286. The van der Waals surface area contributed by atoms with E-state index in [-0.39, 0.29) is 31.6 Å². The molecule has 3 aromatic rings. The van der Waals surface area contributed by atoms with Crippen molar-refractivity contribution in [2.75, 3.05) is 0 Å². The third-order valence-corrected chi connectivity index (χ3v) is 6.28. The van der Waals surface area contributed by atoms with Crippen LogP contribution in [0.3, 0.4) is 0 Å². The Labute approximate surface area is 204 Å². The largest absolute Gasteiger partial charge is 0.512 e. The number of benzene rings is 2. The fourth-order valence-electron chi connectivity index (χ4n) is 4.34. The quantitative estimate of drug-likeness (QED) is 0.218. The molecule has 0 saturated carbocycles. The van der Waals surface area contributed by atoms with Gasteiger partial charge in [0.15, 0.2) is 5.78 Å². The molecule has 4 heteroatoms. The fourth-order valence-corrected chi connectivity index (χ4v) is 4.34. The molecule has 167 valence electrons. The summed E-state index contributed by atoms with van der Waals surface area (Å²) in [7, 11) is 0. The zero-order valence-electron chi connectivity index (χ0n) is 19.0. The molecule has 5 rings (SSSR count). The summed E-state index contributed by atoms with van der Waals surface area (Å²) in [5.41, 5.74) is 12.7. The first-order chi connectivity index (χ1) is 14.8. The molecule has 0 spiro atoms. The molecule has 2 aliphatic carbocycles.